The van der Waals surface area contributed by atoms with Crippen molar-refractivity contribution < 1.29 is 0 Å². The summed E-state index contributed by atoms with van der Waals surface area (Å²) in [7, 11) is 0. The minimum atomic E-state index is 0.386. The molecule has 0 spiro atoms. The molecule has 1 unspecified atom stereocenters. The second kappa shape index (κ2) is 5.13. The maximum atomic E-state index is 3.54. The highest BCUT2D eigenvalue weighted by Gasteiger charge is 2.07. The van der Waals surface area contributed by atoms with Crippen LogP contribution in [0, 0.1) is 0 Å². The highest BCUT2D eigenvalue weighted by molar-refractivity contribution is 9.11. The van der Waals surface area contributed by atoms with Crippen LogP contribution in [0.25, 0.3) is 0 Å². The molecular weight excluding hydrogens is 294 g/mol. The van der Waals surface area contributed by atoms with E-state index in [0.29, 0.717) is 6.04 Å². The van der Waals surface area contributed by atoms with Crippen molar-refractivity contribution in [3.63, 3.8) is 0 Å². The number of benzene rings is 1. The summed E-state index contributed by atoms with van der Waals surface area (Å²) in [4.78, 5) is 0. The average molecular weight is 307 g/mol. The number of nitrogens with one attached hydrogen (secondary N) is 1. The summed E-state index contributed by atoms with van der Waals surface area (Å²) in [6.45, 7) is 5.26. The van der Waals surface area contributed by atoms with Crippen molar-refractivity contribution in [3.8, 4) is 0 Å². The number of hydrogen-bond acceptors (Lipinski definition) is 1. The fourth-order valence-corrected chi connectivity index (χ4v) is 2.23. The zero-order chi connectivity index (χ0) is 9.84. The molecule has 1 aromatic rings. The van der Waals surface area contributed by atoms with Crippen LogP contribution in [0.3, 0.4) is 0 Å². The molecule has 0 saturated heterocycles. The summed E-state index contributed by atoms with van der Waals surface area (Å²) in [6.07, 6.45) is 0. The minimum Gasteiger partial charge on any atom is -0.310 e. The van der Waals surface area contributed by atoms with Crippen LogP contribution >= 0.6 is 31.9 Å². The highest BCUT2D eigenvalue weighted by atomic mass is 79.9. The minimum absolute atomic E-state index is 0.386. The van der Waals surface area contributed by atoms with E-state index in [0.717, 1.165) is 15.5 Å². The predicted molar refractivity (Wildman–Crippen MR) is 63.9 cm³/mol. The second-order valence-electron chi connectivity index (χ2n) is 2.95. The number of halogens is 2. The van der Waals surface area contributed by atoms with Gasteiger partial charge in [0, 0.05) is 15.0 Å². The van der Waals surface area contributed by atoms with Crippen molar-refractivity contribution in [1.82, 2.24) is 5.32 Å². The van der Waals surface area contributed by atoms with Crippen LogP contribution in [0.1, 0.15) is 25.5 Å². The molecule has 0 saturated carbocycles. The van der Waals surface area contributed by atoms with Gasteiger partial charge in [0.05, 0.1) is 0 Å². The van der Waals surface area contributed by atoms with Gasteiger partial charge in [0.15, 0.2) is 0 Å². The lowest BCUT2D eigenvalue weighted by Crippen LogP contribution is -2.18. The Labute approximate surface area is 96.2 Å². The van der Waals surface area contributed by atoms with E-state index in [-0.39, 0.29) is 0 Å². The Bertz CT molecular complexity index is 286. The Kier molecular flexibility index (Phi) is 4.42. The van der Waals surface area contributed by atoms with Crippen molar-refractivity contribution in [2.24, 2.45) is 0 Å². The summed E-state index contributed by atoms with van der Waals surface area (Å²) < 4.78 is 2.28. The van der Waals surface area contributed by atoms with Crippen molar-refractivity contribution in [2.45, 2.75) is 19.9 Å². The first kappa shape index (κ1) is 11.2. The molecule has 0 heterocycles. The van der Waals surface area contributed by atoms with E-state index in [1.807, 2.05) is 6.07 Å². The van der Waals surface area contributed by atoms with E-state index in [4.69, 9.17) is 0 Å². The lowest BCUT2D eigenvalue weighted by Gasteiger charge is -2.14. The normalized spacial score (nSPS) is 12.9. The molecule has 0 fully saturated rings. The molecule has 0 aliphatic carbocycles. The summed E-state index contributed by atoms with van der Waals surface area (Å²) in [6, 6.07) is 6.62. The molecule has 0 amide bonds. The molecule has 0 aromatic heterocycles. The van der Waals surface area contributed by atoms with Gasteiger partial charge in [-0.15, -0.1) is 0 Å². The molecule has 1 N–H and O–H groups in total. The fraction of sp³-hybridized carbons (Fsp3) is 0.400. The third-order valence-corrected chi connectivity index (χ3v) is 3.15. The average Bonchev–Trinajstić information content (AvgIpc) is 2.09. The number of rotatable bonds is 3. The Morgan fingerprint density at radius 3 is 2.69 bits per heavy atom. The Morgan fingerprint density at radius 1 is 1.38 bits per heavy atom. The lowest BCUT2D eigenvalue weighted by atomic mass is 10.1. The molecular formula is C10H13Br2N. The standard InChI is InChI=1S/C10H13Br2N/c1-3-13-7(2)9-6-8(11)4-5-10(9)12/h4-7,13H,3H2,1-2H3. The second-order valence-corrected chi connectivity index (χ2v) is 4.72. The molecule has 0 radical (unpaired) electrons. The quantitative estimate of drug-likeness (QED) is 0.893. The summed E-state index contributed by atoms with van der Waals surface area (Å²) >= 11 is 7.01. The lowest BCUT2D eigenvalue weighted by molar-refractivity contribution is 0.596. The Balaban J connectivity index is 2.91. The third kappa shape index (κ3) is 3.08. The molecule has 1 rings (SSSR count). The maximum Gasteiger partial charge on any atom is 0.0303 e. The molecule has 1 aromatic carbocycles. The zero-order valence-electron chi connectivity index (χ0n) is 7.77. The number of hydrogen-bond donors (Lipinski definition) is 1. The van der Waals surface area contributed by atoms with Gasteiger partial charge >= 0.3 is 0 Å². The highest BCUT2D eigenvalue weighted by Crippen LogP contribution is 2.26. The van der Waals surface area contributed by atoms with Gasteiger partial charge in [0.1, 0.15) is 0 Å². The molecule has 0 aliphatic rings. The largest absolute Gasteiger partial charge is 0.310 e. The van der Waals surface area contributed by atoms with E-state index in [1.165, 1.54) is 5.56 Å². The molecule has 1 nitrogen and oxygen atoms in total. The van der Waals surface area contributed by atoms with Gasteiger partial charge in [-0.1, -0.05) is 38.8 Å². The van der Waals surface area contributed by atoms with Gasteiger partial charge in [-0.25, -0.2) is 0 Å². The van der Waals surface area contributed by atoms with Gasteiger partial charge in [0.25, 0.3) is 0 Å². The smallest absolute Gasteiger partial charge is 0.0303 e. The molecule has 72 valence electrons. The van der Waals surface area contributed by atoms with Gasteiger partial charge in [-0.05, 0) is 37.2 Å². The maximum absolute atomic E-state index is 3.54. The van der Waals surface area contributed by atoms with Gasteiger partial charge < -0.3 is 5.32 Å². The fourth-order valence-electron chi connectivity index (χ4n) is 1.26. The van der Waals surface area contributed by atoms with Crippen LogP contribution in [0.15, 0.2) is 27.1 Å². The molecule has 0 bridgehead atoms. The van der Waals surface area contributed by atoms with E-state index >= 15 is 0 Å². The first-order chi connectivity index (χ1) is 6.15. The van der Waals surface area contributed by atoms with E-state index in [9.17, 15) is 0 Å². The summed E-state index contributed by atoms with van der Waals surface area (Å²) in [5, 5.41) is 3.38. The molecule has 3 heteroatoms. The van der Waals surface area contributed by atoms with Crippen LogP contribution in [0.4, 0.5) is 0 Å². The van der Waals surface area contributed by atoms with Crippen molar-refractivity contribution in [2.75, 3.05) is 6.54 Å². The van der Waals surface area contributed by atoms with Crippen LogP contribution in [0.5, 0.6) is 0 Å². The zero-order valence-corrected chi connectivity index (χ0v) is 10.9. The van der Waals surface area contributed by atoms with Gasteiger partial charge in [0.2, 0.25) is 0 Å². The summed E-state index contributed by atoms with van der Waals surface area (Å²) in [5.74, 6) is 0. The first-order valence-electron chi connectivity index (χ1n) is 4.33. The van der Waals surface area contributed by atoms with E-state index < -0.39 is 0 Å². The molecule has 13 heavy (non-hydrogen) atoms. The van der Waals surface area contributed by atoms with Gasteiger partial charge in [-0.3, -0.25) is 0 Å². The van der Waals surface area contributed by atoms with Gasteiger partial charge in [-0.2, -0.15) is 0 Å². The van der Waals surface area contributed by atoms with Crippen molar-refractivity contribution in [1.29, 1.82) is 0 Å². The van der Waals surface area contributed by atoms with E-state index in [1.54, 1.807) is 0 Å². The molecule has 1 atom stereocenters. The molecule has 0 aliphatic heterocycles. The van der Waals surface area contributed by atoms with E-state index in [2.05, 4.69) is 63.2 Å². The van der Waals surface area contributed by atoms with Crippen LogP contribution in [-0.4, -0.2) is 6.54 Å². The first-order valence-corrected chi connectivity index (χ1v) is 5.92. The topological polar surface area (TPSA) is 12.0 Å². The monoisotopic (exact) mass is 305 g/mol. The Morgan fingerprint density at radius 2 is 2.08 bits per heavy atom. The van der Waals surface area contributed by atoms with Crippen LogP contribution in [0.2, 0.25) is 0 Å². The van der Waals surface area contributed by atoms with Crippen molar-refractivity contribution in [3.05, 3.63) is 32.7 Å². The SMILES string of the molecule is CCNC(C)c1cc(Br)ccc1Br. The van der Waals surface area contributed by atoms with Crippen molar-refractivity contribution >= 4 is 31.9 Å². The van der Waals surface area contributed by atoms with Crippen LogP contribution < -0.4 is 5.32 Å². The van der Waals surface area contributed by atoms with Crippen LogP contribution in [-0.2, 0) is 0 Å². The predicted octanol–water partition coefficient (Wildman–Crippen LogP) is 3.88. The summed E-state index contributed by atoms with van der Waals surface area (Å²) in [5.41, 5.74) is 1.29. The Hall–Kier alpha value is 0.140. The third-order valence-electron chi connectivity index (χ3n) is 1.93.